The van der Waals surface area contributed by atoms with Crippen LogP contribution in [-0.4, -0.2) is 30.4 Å². The van der Waals surface area contributed by atoms with Crippen LogP contribution in [0.4, 0.5) is 0 Å². The van der Waals surface area contributed by atoms with E-state index in [1.54, 1.807) is 31.5 Å². The first-order valence-electron chi connectivity index (χ1n) is 5.69. The summed E-state index contributed by atoms with van der Waals surface area (Å²) >= 11 is 0. The van der Waals surface area contributed by atoms with E-state index in [0.29, 0.717) is 17.1 Å². The SMILES string of the molecule is Cc1cc(C)n(Cc2nncn2C)c(=O)c1C(=O)O. The fraction of sp³-hybridized carbons (Fsp3) is 0.333. The van der Waals surface area contributed by atoms with E-state index < -0.39 is 11.5 Å². The summed E-state index contributed by atoms with van der Waals surface area (Å²) in [6, 6.07) is 1.68. The molecule has 0 aliphatic rings. The Labute approximate surface area is 109 Å². The van der Waals surface area contributed by atoms with Crippen molar-refractivity contribution in [2.45, 2.75) is 20.4 Å². The molecule has 0 bridgehead atoms. The Morgan fingerprint density at radius 1 is 1.42 bits per heavy atom. The highest BCUT2D eigenvalue weighted by atomic mass is 16.4. The third kappa shape index (κ3) is 2.26. The summed E-state index contributed by atoms with van der Waals surface area (Å²) in [4.78, 5) is 23.3. The molecule has 0 saturated heterocycles. The van der Waals surface area contributed by atoms with Crippen LogP contribution in [0.3, 0.4) is 0 Å². The third-order valence-corrected chi connectivity index (χ3v) is 3.02. The lowest BCUT2D eigenvalue weighted by Gasteiger charge is -2.12. The third-order valence-electron chi connectivity index (χ3n) is 3.02. The number of nitrogens with zero attached hydrogens (tertiary/aromatic N) is 4. The Balaban J connectivity index is 2.58. The predicted molar refractivity (Wildman–Crippen MR) is 67.2 cm³/mol. The molecule has 0 aliphatic carbocycles. The molecule has 2 aromatic heterocycles. The summed E-state index contributed by atoms with van der Waals surface area (Å²) in [5.74, 6) is -0.625. The molecule has 7 heteroatoms. The summed E-state index contributed by atoms with van der Waals surface area (Å²) in [6.07, 6.45) is 1.53. The zero-order chi connectivity index (χ0) is 14.2. The van der Waals surface area contributed by atoms with Gasteiger partial charge < -0.3 is 14.2 Å². The number of carboxylic acid groups (broad SMARTS) is 1. The van der Waals surface area contributed by atoms with Crippen LogP contribution in [0.5, 0.6) is 0 Å². The van der Waals surface area contributed by atoms with Crippen LogP contribution >= 0.6 is 0 Å². The van der Waals surface area contributed by atoms with E-state index in [2.05, 4.69) is 10.2 Å². The van der Waals surface area contributed by atoms with Crippen molar-refractivity contribution in [2.24, 2.45) is 7.05 Å². The maximum Gasteiger partial charge on any atom is 0.341 e. The topological polar surface area (TPSA) is 90.0 Å². The molecule has 100 valence electrons. The standard InChI is InChI=1S/C12H14N4O3/c1-7-4-8(2)16(11(17)10(7)12(18)19)5-9-14-13-6-15(9)3/h4,6H,5H2,1-3H3,(H,18,19). The van der Waals surface area contributed by atoms with Gasteiger partial charge in [0.1, 0.15) is 11.9 Å². The highest BCUT2D eigenvalue weighted by molar-refractivity contribution is 5.88. The van der Waals surface area contributed by atoms with Gasteiger partial charge in [-0.1, -0.05) is 0 Å². The van der Waals surface area contributed by atoms with Crippen LogP contribution in [-0.2, 0) is 13.6 Å². The van der Waals surface area contributed by atoms with Gasteiger partial charge >= 0.3 is 5.97 Å². The molecule has 0 spiro atoms. The van der Waals surface area contributed by atoms with Crippen molar-refractivity contribution >= 4 is 5.97 Å². The first-order chi connectivity index (χ1) is 8.91. The molecule has 0 aliphatic heterocycles. The van der Waals surface area contributed by atoms with Gasteiger partial charge in [-0.25, -0.2) is 4.79 Å². The van der Waals surface area contributed by atoms with Gasteiger partial charge in [-0.2, -0.15) is 0 Å². The first kappa shape index (κ1) is 13.0. The zero-order valence-electron chi connectivity index (χ0n) is 10.9. The van der Waals surface area contributed by atoms with Crippen molar-refractivity contribution in [3.05, 3.63) is 45.4 Å². The van der Waals surface area contributed by atoms with Gasteiger partial charge in [0.05, 0.1) is 6.54 Å². The highest BCUT2D eigenvalue weighted by Crippen LogP contribution is 2.08. The Morgan fingerprint density at radius 3 is 2.63 bits per heavy atom. The normalized spacial score (nSPS) is 10.7. The molecule has 0 aromatic carbocycles. The molecule has 0 atom stereocenters. The van der Waals surface area contributed by atoms with E-state index in [-0.39, 0.29) is 12.1 Å². The average Bonchev–Trinajstić information content (AvgIpc) is 2.69. The van der Waals surface area contributed by atoms with Gasteiger partial charge in [-0.05, 0) is 25.5 Å². The maximum absolute atomic E-state index is 12.2. The van der Waals surface area contributed by atoms with E-state index in [1.165, 1.54) is 10.9 Å². The summed E-state index contributed by atoms with van der Waals surface area (Å²) < 4.78 is 3.08. The lowest BCUT2D eigenvalue weighted by atomic mass is 10.1. The Morgan fingerprint density at radius 2 is 2.11 bits per heavy atom. The quantitative estimate of drug-likeness (QED) is 0.861. The molecule has 7 nitrogen and oxygen atoms in total. The minimum absolute atomic E-state index is 0.196. The molecule has 0 radical (unpaired) electrons. The molecule has 0 fully saturated rings. The first-order valence-corrected chi connectivity index (χ1v) is 5.69. The molecule has 19 heavy (non-hydrogen) atoms. The molecular formula is C12H14N4O3. The highest BCUT2D eigenvalue weighted by Gasteiger charge is 2.17. The van der Waals surface area contributed by atoms with Gasteiger partial charge in [-0.3, -0.25) is 4.79 Å². The van der Waals surface area contributed by atoms with Crippen LogP contribution in [0.1, 0.15) is 27.4 Å². The summed E-state index contributed by atoms with van der Waals surface area (Å²) in [5, 5.41) is 16.7. The van der Waals surface area contributed by atoms with Crippen LogP contribution in [0.25, 0.3) is 0 Å². The van der Waals surface area contributed by atoms with Crippen LogP contribution in [0.15, 0.2) is 17.2 Å². The van der Waals surface area contributed by atoms with E-state index in [4.69, 9.17) is 5.11 Å². The molecule has 2 aromatic rings. The van der Waals surface area contributed by atoms with Crippen LogP contribution in [0, 0.1) is 13.8 Å². The van der Waals surface area contributed by atoms with Crippen molar-refractivity contribution in [3.8, 4) is 0 Å². The van der Waals surface area contributed by atoms with Gasteiger partial charge in [-0.15, -0.1) is 10.2 Å². The summed E-state index contributed by atoms with van der Waals surface area (Å²) in [5.41, 5.74) is 0.431. The van der Waals surface area contributed by atoms with Crippen LogP contribution < -0.4 is 5.56 Å². The zero-order valence-corrected chi connectivity index (χ0v) is 10.9. The van der Waals surface area contributed by atoms with Gasteiger partial charge in [0.2, 0.25) is 0 Å². The van der Waals surface area contributed by atoms with E-state index in [0.717, 1.165) is 0 Å². The number of carbonyl (C=O) groups is 1. The number of aromatic carboxylic acids is 1. The lowest BCUT2D eigenvalue weighted by Crippen LogP contribution is -2.30. The van der Waals surface area contributed by atoms with E-state index in [1.807, 2.05) is 0 Å². The Bertz CT molecular complexity index is 699. The van der Waals surface area contributed by atoms with Crippen molar-refractivity contribution in [3.63, 3.8) is 0 Å². The fourth-order valence-electron chi connectivity index (χ4n) is 1.98. The maximum atomic E-state index is 12.2. The van der Waals surface area contributed by atoms with Crippen molar-refractivity contribution < 1.29 is 9.90 Å². The molecule has 2 heterocycles. The van der Waals surface area contributed by atoms with E-state index in [9.17, 15) is 9.59 Å². The number of hydrogen-bond acceptors (Lipinski definition) is 4. The smallest absolute Gasteiger partial charge is 0.341 e. The second-order valence-corrected chi connectivity index (χ2v) is 4.40. The summed E-state index contributed by atoms with van der Waals surface area (Å²) in [6.45, 7) is 3.57. The fourth-order valence-corrected chi connectivity index (χ4v) is 1.98. The molecule has 0 unspecified atom stereocenters. The van der Waals surface area contributed by atoms with E-state index >= 15 is 0 Å². The van der Waals surface area contributed by atoms with Crippen molar-refractivity contribution in [1.29, 1.82) is 0 Å². The van der Waals surface area contributed by atoms with Gasteiger partial charge in [0, 0.05) is 12.7 Å². The summed E-state index contributed by atoms with van der Waals surface area (Å²) in [7, 11) is 1.77. The number of aryl methyl sites for hydroxylation is 3. The minimum Gasteiger partial charge on any atom is -0.477 e. The van der Waals surface area contributed by atoms with Gasteiger partial charge in [0.25, 0.3) is 5.56 Å². The van der Waals surface area contributed by atoms with Crippen molar-refractivity contribution in [1.82, 2.24) is 19.3 Å². The second kappa shape index (κ2) is 4.68. The molecule has 1 N–H and O–H groups in total. The number of hydrogen-bond donors (Lipinski definition) is 1. The number of carboxylic acids is 1. The predicted octanol–water partition coefficient (Wildman–Crippen LogP) is 0.340. The largest absolute Gasteiger partial charge is 0.477 e. The molecule has 0 saturated carbocycles. The van der Waals surface area contributed by atoms with Crippen molar-refractivity contribution in [2.75, 3.05) is 0 Å². The molecule has 2 rings (SSSR count). The Hall–Kier alpha value is -2.44. The number of aromatic nitrogens is 4. The monoisotopic (exact) mass is 262 g/mol. The van der Waals surface area contributed by atoms with Gasteiger partial charge in [0.15, 0.2) is 5.82 Å². The lowest BCUT2D eigenvalue weighted by molar-refractivity contribution is 0.0693. The minimum atomic E-state index is -1.21. The molecule has 0 amide bonds. The Kier molecular flexibility index (Phi) is 3.20. The second-order valence-electron chi connectivity index (χ2n) is 4.40. The van der Waals surface area contributed by atoms with Crippen LogP contribution in [0.2, 0.25) is 0 Å². The number of rotatable bonds is 3. The molecular weight excluding hydrogens is 248 g/mol. The average molecular weight is 262 g/mol. The number of pyridine rings is 1.